The Morgan fingerprint density at radius 3 is 2.53 bits per heavy atom. The second-order valence-electron chi connectivity index (χ2n) is 9.62. The van der Waals surface area contributed by atoms with E-state index in [0.29, 0.717) is 6.54 Å². The van der Waals surface area contributed by atoms with Crippen molar-refractivity contribution >= 4 is 57.3 Å². The van der Waals surface area contributed by atoms with Gasteiger partial charge >= 0.3 is 0 Å². The first kappa shape index (κ1) is 24.9. The lowest BCUT2D eigenvalue weighted by atomic mass is 10.1. The molecule has 3 heterocycles. The molecule has 194 valence electrons. The van der Waals surface area contributed by atoms with E-state index >= 15 is 0 Å². The van der Waals surface area contributed by atoms with Gasteiger partial charge in [0.15, 0.2) is 4.77 Å². The number of nitrogens with zero attached hydrogens (tertiary/aromatic N) is 5. The largest absolute Gasteiger partial charge is 0.368 e. The van der Waals surface area contributed by atoms with Crippen molar-refractivity contribution in [3.8, 4) is 0 Å². The minimum Gasteiger partial charge on any atom is -0.368 e. The number of anilines is 2. The van der Waals surface area contributed by atoms with Gasteiger partial charge < -0.3 is 19.8 Å². The van der Waals surface area contributed by atoms with Gasteiger partial charge in [0.25, 0.3) is 0 Å². The Bertz CT molecular complexity index is 1650. The van der Waals surface area contributed by atoms with Gasteiger partial charge in [-0.15, -0.1) is 0 Å². The van der Waals surface area contributed by atoms with Crippen molar-refractivity contribution in [3.63, 3.8) is 0 Å². The molecule has 38 heavy (non-hydrogen) atoms. The molecular weight excluding hydrogens is 514 g/mol. The molecule has 0 amide bonds. The Balaban J connectivity index is 1.17. The molecule has 6 rings (SSSR count). The zero-order chi connectivity index (χ0) is 26.1. The number of nitrogens with one attached hydrogen (secondary N) is 2. The summed E-state index contributed by atoms with van der Waals surface area (Å²) in [5.74, 6) is 0.823. The summed E-state index contributed by atoms with van der Waals surface area (Å²) in [7, 11) is 0. The van der Waals surface area contributed by atoms with Crippen molar-refractivity contribution in [1.82, 2.24) is 24.4 Å². The van der Waals surface area contributed by atoms with Crippen molar-refractivity contribution in [2.24, 2.45) is 0 Å². The summed E-state index contributed by atoms with van der Waals surface area (Å²) >= 11 is 11.9. The lowest BCUT2D eigenvalue weighted by Crippen LogP contribution is -2.46. The number of halogens is 1. The van der Waals surface area contributed by atoms with Gasteiger partial charge in [-0.2, -0.15) is 0 Å². The van der Waals surface area contributed by atoms with Crippen molar-refractivity contribution in [2.45, 2.75) is 26.6 Å². The van der Waals surface area contributed by atoms with Crippen LogP contribution in [-0.2, 0) is 19.6 Å². The second kappa shape index (κ2) is 10.7. The van der Waals surface area contributed by atoms with Crippen molar-refractivity contribution in [2.75, 3.05) is 36.4 Å². The molecule has 1 saturated heterocycles. The second-order valence-corrected chi connectivity index (χ2v) is 10.4. The molecule has 0 atom stereocenters. The first-order chi connectivity index (χ1) is 18.6. The molecule has 0 aliphatic carbocycles. The van der Waals surface area contributed by atoms with Crippen LogP contribution in [0.15, 0.2) is 67.0 Å². The van der Waals surface area contributed by atoms with E-state index in [-0.39, 0.29) is 0 Å². The van der Waals surface area contributed by atoms with Gasteiger partial charge in [-0.25, -0.2) is 9.97 Å². The van der Waals surface area contributed by atoms with Crippen LogP contribution in [-0.4, -0.2) is 50.6 Å². The maximum atomic E-state index is 6.43. The molecule has 0 bridgehead atoms. The van der Waals surface area contributed by atoms with Gasteiger partial charge in [-0.1, -0.05) is 48.0 Å². The zero-order valence-corrected chi connectivity index (χ0v) is 22.9. The summed E-state index contributed by atoms with van der Waals surface area (Å²) in [6.07, 6.45) is 1.62. The molecule has 1 fully saturated rings. The van der Waals surface area contributed by atoms with Gasteiger partial charge in [0.05, 0.1) is 27.3 Å². The summed E-state index contributed by atoms with van der Waals surface area (Å²) in [5, 5.41) is 5.38. The summed E-state index contributed by atoms with van der Waals surface area (Å²) in [6.45, 7) is 8.44. The van der Waals surface area contributed by atoms with Crippen LogP contribution in [0.1, 0.15) is 18.1 Å². The quantitative estimate of drug-likeness (QED) is 0.237. The Kier molecular flexibility index (Phi) is 7.02. The van der Waals surface area contributed by atoms with E-state index in [1.807, 2.05) is 12.1 Å². The normalized spacial score (nSPS) is 14.4. The summed E-state index contributed by atoms with van der Waals surface area (Å²) in [6, 6.07) is 20.9. The van der Waals surface area contributed by atoms with Gasteiger partial charge in [0.1, 0.15) is 12.1 Å². The Hall–Kier alpha value is -3.46. The number of para-hydroxylation sites is 1. The van der Waals surface area contributed by atoms with Gasteiger partial charge in [0.2, 0.25) is 0 Å². The fourth-order valence-corrected chi connectivity index (χ4v) is 5.91. The predicted octanol–water partition coefficient (Wildman–Crippen LogP) is 6.25. The average molecular weight is 544 g/mol. The Morgan fingerprint density at radius 1 is 0.974 bits per heavy atom. The van der Waals surface area contributed by atoms with E-state index in [1.54, 1.807) is 6.33 Å². The van der Waals surface area contributed by atoms with Gasteiger partial charge in [0, 0.05) is 51.2 Å². The van der Waals surface area contributed by atoms with Crippen LogP contribution in [0.3, 0.4) is 0 Å². The molecule has 5 aromatic rings. The Morgan fingerprint density at radius 2 is 1.74 bits per heavy atom. The van der Waals surface area contributed by atoms with E-state index in [0.717, 1.165) is 82.5 Å². The molecule has 1 aliphatic rings. The molecular formula is C29H30ClN7S. The summed E-state index contributed by atoms with van der Waals surface area (Å²) in [4.78, 5) is 17.3. The van der Waals surface area contributed by atoms with Crippen LogP contribution in [0.25, 0.3) is 21.9 Å². The standard InChI is InChI=1S/C29H30ClN7S/c1-2-37-27-16-24-22(15-25(27)34-29(37)38)28(33-19-32-24)31-17-20-7-3-4-8-21(20)18-35-11-13-36(14-12-35)26-10-6-5-9-23(26)30/h3-10,15-16,19H,2,11-14,17-18H2,1H3,(H,34,38)(H,31,32,33). The third-order valence-corrected chi connectivity index (χ3v) is 8.01. The lowest BCUT2D eigenvalue weighted by Gasteiger charge is -2.36. The van der Waals surface area contributed by atoms with E-state index in [4.69, 9.17) is 23.8 Å². The van der Waals surface area contributed by atoms with Crippen LogP contribution in [0.2, 0.25) is 5.02 Å². The molecule has 0 saturated carbocycles. The fraction of sp³-hybridized carbons (Fsp3) is 0.276. The molecule has 3 aromatic carbocycles. The minimum absolute atomic E-state index is 0.686. The maximum absolute atomic E-state index is 6.43. The maximum Gasteiger partial charge on any atom is 0.178 e. The average Bonchev–Trinajstić information content (AvgIpc) is 3.25. The van der Waals surface area contributed by atoms with Crippen molar-refractivity contribution < 1.29 is 0 Å². The number of piperazine rings is 1. The smallest absolute Gasteiger partial charge is 0.178 e. The molecule has 0 radical (unpaired) electrons. The Labute approximate surface area is 232 Å². The molecule has 9 heteroatoms. The molecule has 1 aliphatic heterocycles. The van der Waals surface area contributed by atoms with E-state index < -0.39 is 0 Å². The highest BCUT2D eigenvalue weighted by molar-refractivity contribution is 7.71. The SMILES string of the molecule is CCn1c(=S)[nH]c2cc3c(NCc4ccccc4CN4CCN(c5ccccc5Cl)CC4)ncnc3cc21. The highest BCUT2D eigenvalue weighted by atomic mass is 35.5. The van der Waals surface area contributed by atoms with Crippen LogP contribution in [0, 0.1) is 4.77 Å². The first-order valence-corrected chi connectivity index (χ1v) is 13.8. The highest BCUT2D eigenvalue weighted by Gasteiger charge is 2.19. The highest BCUT2D eigenvalue weighted by Crippen LogP contribution is 2.28. The topological polar surface area (TPSA) is 65.0 Å². The molecule has 2 aromatic heterocycles. The fourth-order valence-electron chi connectivity index (χ4n) is 5.32. The summed E-state index contributed by atoms with van der Waals surface area (Å²) < 4.78 is 2.81. The minimum atomic E-state index is 0.686. The third kappa shape index (κ3) is 4.87. The van der Waals surface area contributed by atoms with Crippen LogP contribution in [0.5, 0.6) is 0 Å². The lowest BCUT2D eigenvalue weighted by molar-refractivity contribution is 0.249. The van der Waals surface area contributed by atoms with Gasteiger partial charge in [-0.3, -0.25) is 4.90 Å². The zero-order valence-electron chi connectivity index (χ0n) is 21.3. The van der Waals surface area contributed by atoms with E-state index in [9.17, 15) is 0 Å². The number of imidazole rings is 1. The number of aryl methyl sites for hydroxylation is 1. The van der Waals surface area contributed by atoms with Crippen molar-refractivity contribution in [1.29, 1.82) is 0 Å². The molecule has 7 nitrogen and oxygen atoms in total. The van der Waals surface area contributed by atoms with Crippen molar-refractivity contribution in [3.05, 3.63) is 87.9 Å². The third-order valence-electron chi connectivity index (χ3n) is 7.37. The number of hydrogen-bond donors (Lipinski definition) is 2. The van der Waals surface area contributed by atoms with Crippen LogP contribution >= 0.6 is 23.8 Å². The first-order valence-electron chi connectivity index (χ1n) is 13.0. The number of benzene rings is 3. The molecule has 2 N–H and O–H groups in total. The molecule has 0 spiro atoms. The number of H-pyrrole nitrogens is 1. The summed E-state index contributed by atoms with van der Waals surface area (Å²) in [5.41, 5.74) is 6.69. The number of aromatic nitrogens is 4. The van der Waals surface area contributed by atoms with Crippen LogP contribution < -0.4 is 10.2 Å². The van der Waals surface area contributed by atoms with Gasteiger partial charge in [-0.05, 0) is 54.5 Å². The van der Waals surface area contributed by atoms with E-state index in [2.05, 4.69) is 90.1 Å². The predicted molar refractivity (Wildman–Crippen MR) is 159 cm³/mol. The number of hydrogen-bond acceptors (Lipinski definition) is 6. The monoisotopic (exact) mass is 543 g/mol. The number of rotatable bonds is 7. The number of fused-ring (bicyclic) bond motifs is 2. The number of aromatic amines is 1. The van der Waals surface area contributed by atoms with E-state index in [1.165, 1.54) is 11.1 Å². The molecule has 0 unspecified atom stereocenters. The van der Waals surface area contributed by atoms with Crippen LogP contribution in [0.4, 0.5) is 11.5 Å².